The molecule has 2 rings (SSSR count). The van der Waals surface area contributed by atoms with Gasteiger partial charge in [0.2, 0.25) is 0 Å². The van der Waals surface area contributed by atoms with Crippen LogP contribution in [-0.2, 0) is 11.3 Å². The molecule has 0 spiro atoms. The van der Waals surface area contributed by atoms with Gasteiger partial charge in [-0.3, -0.25) is 4.79 Å². The lowest BCUT2D eigenvalue weighted by molar-refractivity contribution is -0.885. The van der Waals surface area contributed by atoms with Crippen molar-refractivity contribution in [2.45, 2.75) is 13.5 Å². The van der Waals surface area contributed by atoms with Crippen LogP contribution in [0.25, 0.3) is 0 Å². The van der Waals surface area contributed by atoms with E-state index in [0.717, 1.165) is 22.8 Å². The van der Waals surface area contributed by atoms with E-state index in [1.165, 1.54) is 0 Å². The van der Waals surface area contributed by atoms with Gasteiger partial charge in [-0.25, -0.2) is 4.98 Å². The van der Waals surface area contributed by atoms with E-state index in [-0.39, 0.29) is 5.91 Å². The maximum Gasteiger partial charge on any atom is 0.279 e. The first-order valence-corrected chi connectivity index (χ1v) is 7.89. The molecule has 6 heteroatoms. The third kappa shape index (κ3) is 5.54. The van der Waals surface area contributed by atoms with E-state index in [2.05, 4.69) is 10.3 Å². The van der Waals surface area contributed by atoms with Gasteiger partial charge in [0.15, 0.2) is 11.7 Å². The molecule has 1 unspecified atom stereocenters. The average Bonchev–Trinajstić information content (AvgIpc) is 2.51. The molecule has 1 aromatic heterocycles. The van der Waals surface area contributed by atoms with Crippen molar-refractivity contribution in [3.8, 4) is 5.75 Å². The highest BCUT2D eigenvalue weighted by Gasteiger charge is 2.12. The van der Waals surface area contributed by atoms with E-state index < -0.39 is 0 Å². The lowest BCUT2D eigenvalue weighted by Gasteiger charge is -2.14. The van der Waals surface area contributed by atoms with E-state index in [1.54, 1.807) is 18.3 Å². The lowest BCUT2D eigenvalue weighted by atomic mass is 10.2. The van der Waals surface area contributed by atoms with Crippen molar-refractivity contribution in [2.75, 3.05) is 25.5 Å². The number of carbonyl (C=O) groups excluding carboxylic acids is 1. The van der Waals surface area contributed by atoms with Gasteiger partial charge in [-0.1, -0.05) is 11.6 Å². The van der Waals surface area contributed by atoms with Crippen molar-refractivity contribution in [1.82, 2.24) is 4.98 Å². The Kier molecular flexibility index (Phi) is 6.38. The molecule has 0 bridgehead atoms. The topological polar surface area (TPSA) is 55.7 Å². The summed E-state index contributed by atoms with van der Waals surface area (Å²) in [5.74, 6) is 0.765. The first-order valence-electron chi connectivity index (χ1n) is 7.52. The molecule has 0 aliphatic carbocycles. The van der Waals surface area contributed by atoms with Crippen LogP contribution in [0.4, 0.5) is 5.69 Å². The number of quaternary nitrogens is 1. The maximum absolute atomic E-state index is 12.1. The summed E-state index contributed by atoms with van der Waals surface area (Å²) in [7, 11) is 1.97. The number of ether oxygens (including phenoxy) is 1. The predicted octanol–water partition coefficient (Wildman–Crippen LogP) is 1.79. The summed E-state index contributed by atoms with van der Waals surface area (Å²) in [5.41, 5.74) is 1.69. The third-order valence-electron chi connectivity index (χ3n) is 3.24. The highest BCUT2D eigenvalue weighted by atomic mass is 35.5. The third-order valence-corrected chi connectivity index (χ3v) is 3.54. The Morgan fingerprint density at radius 2 is 2.04 bits per heavy atom. The van der Waals surface area contributed by atoms with Crippen molar-refractivity contribution in [1.29, 1.82) is 0 Å². The number of likely N-dealkylation sites (N-methyl/N-ethyl adjacent to an activating group) is 1. The Balaban J connectivity index is 1.85. The van der Waals surface area contributed by atoms with E-state index >= 15 is 0 Å². The summed E-state index contributed by atoms with van der Waals surface area (Å²) in [6.45, 7) is 3.71. The second-order valence-electron chi connectivity index (χ2n) is 5.28. The number of nitrogens with one attached hydrogen (secondary N) is 2. The number of pyridine rings is 1. The molecule has 2 N–H and O–H groups in total. The molecule has 1 atom stereocenters. The number of anilines is 1. The molecule has 2 aromatic rings. The Morgan fingerprint density at radius 1 is 1.30 bits per heavy atom. The minimum atomic E-state index is -0.0941. The molecule has 0 saturated heterocycles. The molecule has 0 saturated carbocycles. The number of aromatic nitrogens is 1. The van der Waals surface area contributed by atoms with Crippen LogP contribution in [0, 0.1) is 0 Å². The zero-order chi connectivity index (χ0) is 16.7. The van der Waals surface area contributed by atoms with Crippen LogP contribution in [0.5, 0.6) is 5.75 Å². The molecule has 1 amide bonds. The van der Waals surface area contributed by atoms with Gasteiger partial charge in [0.1, 0.15) is 12.3 Å². The van der Waals surface area contributed by atoms with Crippen LogP contribution in [-0.4, -0.2) is 31.1 Å². The highest BCUT2D eigenvalue weighted by Crippen LogP contribution is 2.16. The zero-order valence-corrected chi connectivity index (χ0v) is 14.1. The molecule has 0 fully saturated rings. The van der Waals surface area contributed by atoms with Gasteiger partial charge in [-0.2, -0.15) is 0 Å². The second kappa shape index (κ2) is 8.50. The van der Waals surface area contributed by atoms with Crippen LogP contribution >= 0.6 is 11.6 Å². The van der Waals surface area contributed by atoms with Crippen LogP contribution in [0.2, 0.25) is 5.15 Å². The quantitative estimate of drug-likeness (QED) is 0.759. The summed E-state index contributed by atoms with van der Waals surface area (Å²) in [4.78, 5) is 17.1. The molecular weight excluding hydrogens is 314 g/mol. The van der Waals surface area contributed by atoms with E-state index in [0.29, 0.717) is 24.0 Å². The molecule has 5 nitrogen and oxygen atoms in total. The largest absolute Gasteiger partial charge is 0.494 e. The molecule has 23 heavy (non-hydrogen) atoms. The molecule has 0 aliphatic rings. The monoisotopic (exact) mass is 334 g/mol. The summed E-state index contributed by atoms with van der Waals surface area (Å²) < 4.78 is 5.42. The SMILES string of the molecule is CCOc1ccc(C[NH+](C)CC(=O)Nc2cccnc2Cl)cc1. The number of amides is 1. The fourth-order valence-electron chi connectivity index (χ4n) is 2.23. The second-order valence-corrected chi connectivity index (χ2v) is 5.64. The zero-order valence-electron chi connectivity index (χ0n) is 13.3. The fraction of sp³-hybridized carbons (Fsp3) is 0.294. The Bertz CT molecular complexity index is 647. The van der Waals surface area contributed by atoms with E-state index in [1.807, 2.05) is 38.2 Å². The van der Waals surface area contributed by atoms with Crippen LogP contribution in [0.15, 0.2) is 42.6 Å². The van der Waals surface area contributed by atoms with Crippen LogP contribution < -0.4 is 15.0 Å². The van der Waals surface area contributed by atoms with Gasteiger partial charge >= 0.3 is 0 Å². The minimum absolute atomic E-state index is 0.0941. The van der Waals surface area contributed by atoms with Crippen molar-refractivity contribution in [3.63, 3.8) is 0 Å². The standard InChI is InChI=1S/C17H20ClN3O2/c1-3-23-14-8-6-13(7-9-14)11-21(2)12-16(22)20-15-5-4-10-19-17(15)18/h4-10H,3,11-12H2,1-2H3,(H,20,22)/p+1. The average molecular weight is 335 g/mol. The van der Waals surface area contributed by atoms with Gasteiger partial charge in [0, 0.05) is 11.8 Å². The molecule has 0 radical (unpaired) electrons. The summed E-state index contributed by atoms with van der Waals surface area (Å²) in [5, 5.41) is 3.07. The molecule has 122 valence electrons. The minimum Gasteiger partial charge on any atom is -0.494 e. The van der Waals surface area contributed by atoms with Crippen LogP contribution in [0.3, 0.4) is 0 Å². The number of nitrogens with zero attached hydrogens (tertiary/aromatic N) is 1. The van der Waals surface area contributed by atoms with Gasteiger partial charge in [0.05, 0.1) is 19.3 Å². The number of hydrogen-bond donors (Lipinski definition) is 2. The Hall–Kier alpha value is -2.11. The molecule has 1 heterocycles. The van der Waals surface area contributed by atoms with Crippen molar-refractivity contribution in [3.05, 3.63) is 53.3 Å². The lowest BCUT2D eigenvalue weighted by Crippen LogP contribution is -3.08. The predicted molar refractivity (Wildman–Crippen MR) is 90.9 cm³/mol. The number of halogens is 1. The summed E-state index contributed by atoms with van der Waals surface area (Å²) in [6.07, 6.45) is 1.58. The molecule has 1 aromatic carbocycles. The van der Waals surface area contributed by atoms with E-state index in [9.17, 15) is 4.79 Å². The summed E-state index contributed by atoms with van der Waals surface area (Å²) in [6, 6.07) is 11.4. The number of carbonyl (C=O) groups is 1. The Labute approximate surface area is 141 Å². The molecular formula is C17H21ClN3O2+. The van der Waals surface area contributed by atoms with Gasteiger partial charge in [-0.05, 0) is 43.3 Å². The fourth-order valence-corrected chi connectivity index (χ4v) is 2.40. The first kappa shape index (κ1) is 17.2. The number of rotatable bonds is 7. The summed E-state index contributed by atoms with van der Waals surface area (Å²) >= 11 is 5.93. The van der Waals surface area contributed by atoms with Gasteiger partial charge in [-0.15, -0.1) is 0 Å². The van der Waals surface area contributed by atoms with Crippen LogP contribution in [0.1, 0.15) is 12.5 Å². The first-order chi connectivity index (χ1) is 11.1. The van der Waals surface area contributed by atoms with E-state index in [4.69, 9.17) is 16.3 Å². The van der Waals surface area contributed by atoms with Crippen molar-refractivity contribution >= 4 is 23.2 Å². The number of hydrogen-bond acceptors (Lipinski definition) is 3. The van der Waals surface area contributed by atoms with Crippen molar-refractivity contribution < 1.29 is 14.4 Å². The maximum atomic E-state index is 12.1. The molecule has 0 aliphatic heterocycles. The Morgan fingerprint density at radius 3 is 2.70 bits per heavy atom. The smallest absolute Gasteiger partial charge is 0.279 e. The van der Waals surface area contributed by atoms with Crippen molar-refractivity contribution in [2.24, 2.45) is 0 Å². The van der Waals surface area contributed by atoms with Gasteiger partial charge < -0.3 is 15.0 Å². The normalized spacial score (nSPS) is 11.8. The van der Waals surface area contributed by atoms with Gasteiger partial charge in [0.25, 0.3) is 5.91 Å². The number of benzene rings is 1. The highest BCUT2D eigenvalue weighted by molar-refractivity contribution is 6.32.